The van der Waals surface area contributed by atoms with E-state index >= 15 is 0 Å². The lowest BCUT2D eigenvalue weighted by Gasteiger charge is -2.12. The van der Waals surface area contributed by atoms with E-state index in [0.717, 1.165) is 24.6 Å². The van der Waals surface area contributed by atoms with Crippen LogP contribution in [0.15, 0.2) is 23.7 Å². The summed E-state index contributed by atoms with van der Waals surface area (Å²) in [5, 5.41) is 3.23. The lowest BCUT2D eigenvalue weighted by molar-refractivity contribution is 0.321. The molecule has 3 rings (SSSR count). The number of thiophene rings is 1. The summed E-state index contributed by atoms with van der Waals surface area (Å²) < 4.78 is 0. The summed E-state index contributed by atoms with van der Waals surface area (Å²) in [6, 6.07) is 4.53. The molecule has 0 bridgehead atoms. The number of thiazole rings is 1. The Morgan fingerprint density at radius 2 is 2.39 bits per heavy atom. The highest BCUT2D eigenvalue weighted by atomic mass is 32.1. The Morgan fingerprint density at radius 1 is 1.50 bits per heavy atom. The van der Waals surface area contributed by atoms with Crippen LogP contribution in [0.5, 0.6) is 0 Å². The minimum atomic E-state index is 0.328. The second kappa shape index (κ2) is 5.09. The minimum absolute atomic E-state index is 0.328. The van der Waals surface area contributed by atoms with Gasteiger partial charge in [-0.05, 0) is 17.4 Å². The van der Waals surface area contributed by atoms with E-state index in [1.54, 1.807) is 22.7 Å². The highest BCUT2D eigenvalue weighted by Crippen LogP contribution is 2.30. The number of likely N-dealkylation sites (tertiary alicyclic amines) is 1. The van der Waals surface area contributed by atoms with Gasteiger partial charge in [0.1, 0.15) is 5.01 Å². The van der Waals surface area contributed by atoms with Crippen molar-refractivity contribution >= 4 is 22.7 Å². The van der Waals surface area contributed by atoms with Gasteiger partial charge in [-0.3, -0.25) is 4.90 Å². The number of hydrogen-bond acceptors (Lipinski definition) is 5. The van der Waals surface area contributed by atoms with E-state index in [2.05, 4.69) is 34.3 Å². The fourth-order valence-electron chi connectivity index (χ4n) is 2.34. The lowest BCUT2D eigenvalue weighted by Crippen LogP contribution is -2.28. The molecular formula is C13H17N3S2. The Balaban J connectivity index is 1.68. The van der Waals surface area contributed by atoms with Crippen LogP contribution in [0.3, 0.4) is 0 Å². The van der Waals surface area contributed by atoms with E-state index in [0.29, 0.717) is 12.0 Å². The van der Waals surface area contributed by atoms with Gasteiger partial charge >= 0.3 is 0 Å². The maximum absolute atomic E-state index is 6.05. The van der Waals surface area contributed by atoms with Gasteiger partial charge in [0.2, 0.25) is 0 Å². The summed E-state index contributed by atoms with van der Waals surface area (Å²) >= 11 is 3.54. The average Bonchev–Trinajstić information content (AvgIpc) is 3.02. The molecule has 2 unspecified atom stereocenters. The molecule has 0 aromatic carbocycles. The molecule has 0 radical (unpaired) electrons. The molecule has 1 fully saturated rings. The summed E-state index contributed by atoms with van der Waals surface area (Å²) in [6.45, 7) is 5.33. The maximum Gasteiger partial charge on any atom is 0.133 e. The van der Waals surface area contributed by atoms with Crippen molar-refractivity contribution in [2.24, 2.45) is 11.7 Å². The summed E-state index contributed by atoms with van der Waals surface area (Å²) in [6.07, 6.45) is 2.01. The van der Waals surface area contributed by atoms with Crippen molar-refractivity contribution in [3.05, 3.63) is 28.6 Å². The Bertz CT molecular complexity index is 496. The number of nitrogens with zero attached hydrogens (tertiary/aromatic N) is 2. The summed E-state index contributed by atoms with van der Waals surface area (Å²) in [5.74, 6) is 0.606. The predicted molar refractivity (Wildman–Crippen MR) is 77.8 cm³/mol. The van der Waals surface area contributed by atoms with Gasteiger partial charge in [0.25, 0.3) is 0 Å². The van der Waals surface area contributed by atoms with Gasteiger partial charge in [0.15, 0.2) is 0 Å². The summed E-state index contributed by atoms with van der Waals surface area (Å²) in [7, 11) is 0. The van der Waals surface area contributed by atoms with Crippen molar-refractivity contribution in [2.75, 3.05) is 13.1 Å². The number of hydrogen-bond donors (Lipinski definition) is 1. The van der Waals surface area contributed by atoms with Crippen molar-refractivity contribution < 1.29 is 0 Å². The van der Waals surface area contributed by atoms with E-state index in [1.807, 2.05) is 6.20 Å². The highest BCUT2D eigenvalue weighted by molar-refractivity contribution is 7.20. The Hall–Kier alpha value is -0.750. The van der Waals surface area contributed by atoms with Crippen LogP contribution in [0.1, 0.15) is 11.8 Å². The Labute approximate surface area is 115 Å². The van der Waals surface area contributed by atoms with Crippen LogP contribution in [0.2, 0.25) is 0 Å². The van der Waals surface area contributed by atoms with Crippen LogP contribution in [0, 0.1) is 5.92 Å². The molecule has 1 saturated heterocycles. The Kier molecular flexibility index (Phi) is 3.48. The zero-order chi connectivity index (χ0) is 12.5. The fraction of sp³-hybridized carbons (Fsp3) is 0.462. The molecule has 0 aliphatic carbocycles. The van der Waals surface area contributed by atoms with Gasteiger partial charge in [0.05, 0.1) is 4.88 Å². The molecule has 3 heterocycles. The summed E-state index contributed by atoms with van der Waals surface area (Å²) in [5.41, 5.74) is 6.05. The second-order valence-corrected chi connectivity index (χ2v) is 7.01. The zero-order valence-electron chi connectivity index (χ0n) is 10.4. The number of aromatic nitrogens is 1. The zero-order valence-corrected chi connectivity index (χ0v) is 12.0. The van der Waals surface area contributed by atoms with Gasteiger partial charge in [-0.25, -0.2) is 4.98 Å². The van der Waals surface area contributed by atoms with E-state index in [1.165, 1.54) is 9.75 Å². The van der Waals surface area contributed by atoms with Crippen LogP contribution in [0.25, 0.3) is 9.88 Å². The van der Waals surface area contributed by atoms with E-state index < -0.39 is 0 Å². The fourth-order valence-corrected chi connectivity index (χ4v) is 4.10. The molecule has 1 aliphatic rings. The second-order valence-electron chi connectivity index (χ2n) is 4.94. The molecule has 18 heavy (non-hydrogen) atoms. The first-order valence-electron chi connectivity index (χ1n) is 6.19. The van der Waals surface area contributed by atoms with Gasteiger partial charge in [-0.1, -0.05) is 13.0 Å². The number of nitrogens with two attached hydrogens (primary N) is 1. The SMILES string of the molecule is CC1CN(Cc2cnc(-c3cccs3)s2)CC1N. The van der Waals surface area contributed by atoms with Crippen molar-refractivity contribution in [2.45, 2.75) is 19.5 Å². The molecule has 3 nitrogen and oxygen atoms in total. The lowest BCUT2D eigenvalue weighted by atomic mass is 10.1. The minimum Gasteiger partial charge on any atom is -0.326 e. The average molecular weight is 279 g/mol. The quantitative estimate of drug-likeness (QED) is 0.939. The standard InChI is InChI=1S/C13H17N3S2/c1-9-6-16(8-11(9)14)7-10-5-15-13(18-10)12-3-2-4-17-12/h2-5,9,11H,6-8,14H2,1H3. The molecule has 0 saturated carbocycles. The van der Waals surface area contributed by atoms with Gasteiger partial charge in [-0.15, -0.1) is 22.7 Å². The van der Waals surface area contributed by atoms with E-state index in [4.69, 9.17) is 5.73 Å². The third-order valence-corrected chi connectivity index (χ3v) is 5.43. The monoisotopic (exact) mass is 279 g/mol. The van der Waals surface area contributed by atoms with Crippen LogP contribution >= 0.6 is 22.7 Å². The smallest absolute Gasteiger partial charge is 0.133 e. The third-order valence-electron chi connectivity index (χ3n) is 3.41. The van der Waals surface area contributed by atoms with E-state index in [9.17, 15) is 0 Å². The summed E-state index contributed by atoms with van der Waals surface area (Å²) in [4.78, 5) is 9.54. The molecule has 96 valence electrons. The first-order chi connectivity index (χ1) is 8.72. The molecule has 1 aliphatic heterocycles. The van der Waals surface area contributed by atoms with E-state index in [-0.39, 0.29) is 0 Å². The molecule has 0 spiro atoms. The highest BCUT2D eigenvalue weighted by Gasteiger charge is 2.26. The largest absolute Gasteiger partial charge is 0.326 e. The van der Waals surface area contributed by atoms with Crippen molar-refractivity contribution in [1.82, 2.24) is 9.88 Å². The molecular weight excluding hydrogens is 262 g/mol. The van der Waals surface area contributed by atoms with Crippen LogP contribution in [-0.4, -0.2) is 29.0 Å². The van der Waals surface area contributed by atoms with Gasteiger partial charge in [0, 0.05) is 36.8 Å². The third kappa shape index (κ3) is 2.49. The van der Waals surface area contributed by atoms with Crippen LogP contribution in [0.4, 0.5) is 0 Å². The first-order valence-corrected chi connectivity index (χ1v) is 7.88. The van der Waals surface area contributed by atoms with Crippen molar-refractivity contribution in [3.63, 3.8) is 0 Å². The molecule has 2 N–H and O–H groups in total. The van der Waals surface area contributed by atoms with Gasteiger partial charge in [-0.2, -0.15) is 0 Å². The molecule has 2 atom stereocenters. The number of rotatable bonds is 3. The maximum atomic E-state index is 6.05. The van der Waals surface area contributed by atoms with Crippen LogP contribution in [-0.2, 0) is 6.54 Å². The molecule has 2 aromatic rings. The molecule has 2 aromatic heterocycles. The normalized spacial score (nSPS) is 24.8. The van der Waals surface area contributed by atoms with Crippen molar-refractivity contribution in [3.8, 4) is 9.88 Å². The molecule has 0 amide bonds. The topological polar surface area (TPSA) is 42.2 Å². The molecule has 5 heteroatoms. The van der Waals surface area contributed by atoms with Gasteiger partial charge < -0.3 is 5.73 Å². The van der Waals surface area contributed by atoms with Crippen LogP contribution < -0.4 is 5.73 Å². The first kappa shape index (κ1) is 12.3. The van der Waals surface area contributed by atoms with Crippen molar-refractivity contribution in [1.29, 1.82) is 0 Å². The Morgan fingerprint density at radius 3 is 3.06 bits per heavy atom. The predicted octanol–water partition coefficient (Wildman–Crippen LogP) is 2.65.